The van der Waals surface area contributed by atoms with Gasteiger partial charge in [0.05, 0.1) is 18.7 Å². The number of nitrogens with zero attached hydrogens (tertiary/aromatic N) is 2. The normalized spacial score (nSPS) is 14.2. The van der Waals surface area contributed by atoms with E-state index in [1.54, 1.807) is 0 Å². The molecule has 0 saturated carbocycles. The van der Waals surface area contributed by atoms with E-state index in [0.717, 1.165) is 41.3 Å². The van der Waals surface area contributed by atoms with Crippen LogP contribution in [0.2, 0.25) is 25.7 Å². The summed E-state index contributed by atoms with van der Waals surface area (Å²) < 4.78 is 13.7. The number of rotatable bonds is 13. The zero-order chi connectivity index (χ0) is 24.7. The molecule has 1 unspecified atom stereocenters. The average molecular weight is 556 g/mol. The van der Waals surface area contributed by atoms with E-state index in [2.05, 4.69) is 60.7 Å². The molecule has 1 aromatic carbocycles. The molecule has 0 spiro atoms. The topological polar surface area (TPSA) is 53.3 Å². The summed E-state index contributed by atoms with van der Waals surface area (Å²) in [5.41, 5.74) is 1.49. The second kappa shape index (κ2) is 12.0. The average Bonchev–Trinajstić information content (AvgIpc) is 3.23. The molecular weight excluding hydrogens is 516 g/mol. The van der Waals surface area contributed by atoms with Crippen molar-refractivity contribution in [1.29, 1.82) is 0 Å². The number of thioether (sulfide) groups is 1. The molecule has 0 aliphatic carbocycles. The molecule has 0 bridgehead atoms. The maximum Gasteiger partial charge on any atom is 0.315 e. The summed E-state index contributed by atoms with van der Waals surface area (Å²) in [5.74, 6) is 0.742. The van der Waals surface area contributed by atoms with Crippen molar-refractivity contribution in [3.05, 3.63) is 52.3 Å². The standard InChI is InChI=1S/C25H39BrN2O3SSi/c1-24(2,21-17-27-28(18-21)19-31-13-15-33(5,6)7)32-14-9-12-25(3,23(29)30-4)20-10-8-11-22(26)16-20/h8,10-11,16-18H,9,12-15,19H2,1-7H3. The van der Waals surface area contributed by atoms with Crippen molar-refractivity contribution in [3.8, 4) is 0 Å². The molecule has 2 rings (SSSR count). The van der Waals surface area contributed by atoms with Gasteiger partial charge in [-0.1, -0.05) is 47.7 Å². The molecule has 1 aromatic heterocycles. The first-order valence-corrected chi connectivity index (χ1v) is 16.9. The zero-order valence-corrected chi connectivity index (χ0v) is 24.5. The number of esters is 1. The molecule has 0 N–H and O–H groups in total. The van der Waals surface area contributed by atoms with Crippen LogP contribution in [0.25, 0.3) is 0 Å². The molecule has 8 heteroatoms. The molecule has 1 atom stereocenters. The van der Waals surface area contributed by atoms with Crippen molar-refractivity contribution in [2.75, 3.05) is 19.5 Å². The van der Waals surface area contributed by atoms with Crippen LogP contribution in [0.3, 0.4) is 0 Å². The van der Waals surface area contributed by atoms with Gasteiger partial charge in [-0.3, -0.25) is 4.79 Å². The smallest absolute Gasteiger partial charge is 0.315 e. The van der Waals surface area contributed by atoms with Gasteiger partial charge < -0.3 is 9.47 Å². The lowest BCUT2D eigenvalue weighted by Gasteiger charge is -2.28. The Hall–Kier alpha value is -1.09. The molecule has 0 saturated heterocycles. The molecule has 33 heavy (non-hydrogen) atoms. The third kappa shape index (κ3) is 8.57. The first-order valence-electron chi connectivity index (χ1n) is 11.5. The van der Waals surface area contributed by atoms with Crippen LogP contribution in [0.5, 0.6) is 0 Å². The van der Waals surface area contributed by atoms with Crippen molar-refractivity contribution < 1.29 is 14.3 Å². The van der Waals surface area contributed by atoms with E-state index in [-0.39, 0.29) is 10.7 Å². The Labute approximate surface area is 213 Å². The summed E-state index contributed by atoms with van der Waals surface area (Å²) in [7, 11) is 0.385. The summed E-state index contributed by atoms with van der Waals surface area (Å²) in [5, 5.41) is 4.49. The Kier molecular flexibility index (Phi) is 10.3. The van der Waals surface area contributed by atoms with Crippen LogP contribution in [0, 0.1) is 0 Å². The number of carbonyl (C=O) groups is 1. The number of hydrogen-bond acceptors (Lipinski definition) is 5. The van der Waals surface area contributed by atoms with E-state index in [0.29, 0.717) is 6.73 Å². The fraction of sp³-hybridized carbons (Fsp3) is 0.600. The molecule has 1 heterocycles. The summed E-state index contributed by atoms with van der Waals surface area (Å²) in [6.07, 6.45) is 5.65. The second-order valence-corrected chi connectivity index (χ2v) is 18.7. The van der Waals surface area contributed by atoms with E-state index in [1.807, 2.05) is 53.8 Å². The van der Waals surface area contributed by atoms with Gasteiger partial charge in [-0.15, -0.1) is 0 Å². The number of hydrogen-bond donors (Lipinski definition) is 0. The maximum atomic E-state index is 12.7. The lowest BCUT2D eigenvalue weighted by molar-refractivity contribution is -0.147. The molecule has 0 aliphatic heterocycles. The van der Waals surface area contributed by atoms with Gasteiger partial charge in [0.1, 0.15) is 6.73 Å². The van der Waals surface area contributed by atoms with Gasteiger partial charge in [0.25, 0.3) is 0 Å². The molecule has 0 radical (unpaired) electrons. The van der Waals surface area contributed by atoms with E-state index >= 15 is 0 Å². The minimum Gasteiger partial charge on any atom is -0.468 e. The van der Waals surface area contributed by atoms with Crippen molar-refractivity contribution in [2.24, 2.45) is 0 Å². The van der Waals surface area contributed by atoms with Crippen LogP contribution in [-0.2, 0) is 31.2 Å². The predicted molar refractivity (Wildman–Crippen MR) is 145 cm³/mol. The van der Waals surface area contributed by atoms with Gasteiger partial charge in [-0.05, 0) is 63.1 Å². The molecule has 0 fully saturated rings. The highest BCUT2D eigenvalue weighted by Gasteiger charge is 2.36. The first kappa shape index (κ1) is 28.1. The number of aromatic nitrogens is 2. The summed E-state index contributed by atoms with van der Waals surface area (Å²) >= 11 is 5.40. The minimum absolute atomic E-state index is 0.0754. The Morgan fingerprint density at radius 3 is 2.58 bits per heavy atom. The Bertz CT molecular complexity index is 913. The highest BCUT2D eigenvalue weighted by molar-refractivity contribution is 9.10. The van der Waals surface area contributed by atoms with Crippen LogP contribution in [0.15, 0.2) is 41.1 Å². The lowest BCUT2D eigenvalue weighted by atomic mass is 9.79. The maximum absolute atomic E-state index is 12.7. The highest BCUT2D eigenvalue weighted by Crippen LogP contribution is 2.38. The van der Waals surface area contributed by atoms with Crippen LogP contribution in [0.4, 0.5) is 0 Å². The van der Waals surface area contributed by atoms with Crippen LogP contribution in [0.1, 0.15) is 44.7 Å². The minimum atomic E-state index is -1.08. The summed E-state index contributed by atoms with van der Waals surface area (Å²) in [6.45, 7) is 14.8. The first-order chi connectivity index (χ1) is 15.4. The quantitative estimate of drug-likeness (QED) is 0.154. The number of carbonyl (C=O) groups excluding carboxylic acids is 1. The number of halogens is 1. The van der Waals surface area contributed by atoms with E-state index in [1.165, 1.54) is 12.7 Å². The van der Waals surface area contributed by atoms with Crippen molar-refractivity contribution >= 4 is 41.7 Å². The highest BCUT2D eigenvalue weighted by atomic mass is 79.9. The summed E-state index contributed by atoms with van der Waals surface area (Å²) in [6, 6.07) is 9.10. The third-order valence-corrected chi connectivity index (χ3v) is 9.58. The van der Waals surface area contributed by atoms with Crippen molar-refractivity contribution in [2.45, 2.75) is 76.2 Å². The van der Waals surface area contributed by atoms with Crippen molar-refractivity contribution in [3.63, 3.8) is 0 Å². The molecule has 5 nitrogen and oxygen atoms in total. The molecular formula is C25H39BrN2O3SSi. The molecule has 2 aromatic rings. The summed E-state index contributed by atoms with van der Waals surface area (Å²) in [4.78, 5) is 12.7. The Morgan fingerprint density at radius 2 is 1.94 bits per heavy atom. The predicted octanol–water partition coefficient (Wildman–Crippen LogP) is 6.84. The van der Waals surface area contributed by atoms with Crippen molar-refractivity contribution in [1.82, 2.24) is 9.78 Å². The van der Waals surface area contributed by atoms with Gasteiger partial charge in [-0.2, -0.15) is 16.9 Å². The SMILES string of the molecule is COC(=O)C(C)(CCCSC(C)(C)c1cnn(COCC[Si](C)(C)C)c1)c1cccc(Br)c1. The fourth-order valence-corrected chi connectivity index (χ4v) is 5.77. The van der Waals surface area contributed by atoms with Crippen LogP contribution >= 0.6 is 27.7 Å². The molecule has 0 aliphatic rings. The lowest BCUT2D eigenvalue weighted by Crippen LogP contribution is -2.34. The third-order valence-electron chi connectivity index (χ3n) is 5.93. The van der Waals surface area contributed by atoms with Crippen LogP contribution in [-0.4, -0.2) is 43.3 Å². The van der Waals surface area contributed by atoms with E-state index < -0.39 is 13.5 Å². The molecule has 0 amide bonds. The Morgan fingerprint density at radius 1 is 1.21 bits per heavy atom. The van der Waals surface area contributed by atoms with Gasteiger partial charge >= 0.3 is 5.97 Å². The fourth-order valence-electron chi connectivity index (χ4n) is 3.54. The largest absolute Gasteiger partial charge is 0.468 e. The van der Waals surface area contributed by atoms with Crippen LogP contribution < -0.4 is 0 Å². The number of methoxy groups -OCH3 is 1. The van der Waals surface area contributed by atoms with E-state index in [4.69, 9.17) is 9.47 Å². The monoisotopic (exact) mass is 554 g/mol. The number of benzene rings is 1. The van der Waals surface area contributed by atoms with Gasteiger partial charge in [-0.25, -0.2) is 4.68 Å². The van der Waals surface area contributed by atoms with Gasteiger partial charge in [0, 0.05) is 35.7 Å². The van der Waals surface area contributed by atoms with E-state index in [9.17, 15) is 4.79 Å². The number of ether oxygens (including phenoxy) is 2. The van der Waals surface area contributed by atoms with Gasteiger partial charge in [0.15, 0.2) is 0 Å². The molecule has 184 valence electrons. The second-order valence-electron chi connectivity index (χ2n) is 10.4. The Balaban J connectivity index is 1.90. The zero-order valence-electron chi connectivity index (χ0n) is 21.1. The van der Waals surface area contributed by atoms with Gasteiger partial charge in [0.2, 0.25) is 0 Å².